The molecule has 0 saturated heterocycles. The van der Waals surface area contributed by atoms with E-state index < -0.39 is 5.97 Å². The van der Waals surface area contributed by atoms with E-state index in [1.807, 2.05) is 24.3 Å². The Morgan fingerprint density at radius 2 is 2.07 bits per heavy atom. The molecule has 3 heteroatoms. The van der Waals surface area contributed by atoms with Crippen molar-refractivity contribution < 1.29 is 9.90 Å². The predicted octanol–water partition coefficient (Wildman–Crippen LogP) is 1.23. The summed E-state index contributed by atoms with van der Waals surface area (Å²) in [7, 11) is 1.76. The molecule has 78 valence electrons. The van der Waals surface area contributed by atoms with Gasteiger partial charge in [0.15, 0.2) is 0 Å². The largest absolute Gasteiger partial charge is 0.481 e. The Morgan fingerprint density at radius 1 is 1.40 bits per heavy atom. The normalized spacial score (nSPS) is 8.87. The van der Waals surface area contributed by atoms with Crippen molar-refractivity contribution in [3.63, 3.8) is 0 Å². The zero-order valence-electron chi connectivity index (χ0n) is 8.58. The third-order valence-electron chi connectivity index (χ3n) is 1.91. The molecule has 1 rings (SSSR count). The fourth-order valence-corrected chi connectivity index (χ4v) is 1.14. The van der Waals surface area contributed by atoms with Gasteiger partial charge in [-0.25, -0.2) is 0 Å². The Bertz CT molecular complexity index is 384. The number of carbonyl (C=O) groups is 1. The first-order chi connectivity index (χ1) is 7.22. The third-order valence-corrected chi connectivity index (χ3v) is 1.91. The third kappa shape index (κ3) is 4.19. The molecule has 0 spiro atoms. The van der Waals surface area contributed by atoms with E-state index in [4.69, 9.17) is 5.11 Å². The zero-order chi connectivity index (χ0) is 11.1. The fraction of sp³-hybridized carbons (Fsp3) is 0.250. The van der Waals surface area contributed by atoms with Crippen molar-refractivity contribution >= 4 is 5.97 Å². The van der Waals surface area contributed by atoms with Crippen LogP contribution in [-0.4, -0.2) is 18.1 Å². The van der Waals surface area contributed by atoms with Gasteiger partial charge in [0, 0.05) is 25.1 Å². The molecule has 2 N–H and O–H groups in total. The zero-order valence-corrected chi connectivity index (χ0v) is 8.58. The van der Waals surface area contributed by atoms with Crippen molar-refractivity contribution in [2.75, 3.05) is 7.05 Å². The van der Waals surface area contributed by atoms with Crippen LogP contribution in [0.25, 0.3) is 0 Å². The first-order valence-corrected chi connectivity index (χ1v) is 4.71. The van der Waals surface area contributed by atoms with Crippen molar-refractivity contribution in [3.8, 4) is 12.0 Å². The van der Waals surface area contributed by atoms with Gasteiger partial charge in [-0.1, -0.05) is 12.1 Å². The quantitative estimate of drug-likeness (QED) is 0.574. The summed E-state index contributed by atoms with van der Waals surface area (Å²) < 4.78 is 0. The maximum atomic E-state index is 10.4. The van der Waals surface area contributed by atoms with Crippen LogP contribution < -0.4 is 5.32 Å². The summed E-state index contributed by atoms with van der Waals surface area (Å²) in [4.78, 5) is 10.4. The summed E-state index contributed by atoms with van der Waals surface area (Å²) >= 11 is 0. The van der Waals surface area contributed by atoms with Gasteiger partial charge in [0.25, 0.3) is 0 Å². The lowest BCUT2D eigenvalue weighted by molar-refractivity contribution is -0.136. The van der Waals surface area contributed by atoms with Gasteiger partial charge in [0.2, 0.25) is 0 Å². The molecule has 0 bridgehead atoms. The first kappa shape index (κ1) is 11.1. The summed E-state index contributed by atoms with van der Waals surface area (Å²) in [5, 5.41) is 11.2. The lowest BCUT2D eigenvalue weighted by Gasteiger charge is -1.98. The van der Waals surface area contributed by atoms with Gasteiger partial charge < -0.3 is 10.4 Å². The molecule has 0 heterocycles. The molecule has 15 heavy (non-hydrogen) atoms. The van der Waals surface area contributed by atoms with E-state index in [1.54, 1.807) is 7.05 Å². The van der Waals surface area contributed by atoms with Crippen molar-refractivity contribution in [1.29, 1.82) is 0 Å². The lowest BCUT2D eigenvalue weighted by atomic mass is 10.1. The second-order valence-corrected chi connectivity index (χ2v) is 3.09. The smallest absolute Gasteiger partial charge is 0.303 e. The Labute approximate surface area is 89.1 Å². The van der Waals surface area contributed by atoms with Crippen molar-refractivity contribution in [2.45, 2.75) is 12.8 Å². The number of hydrogen-bond acceptors (Lipinski definition) is 2. The number of carboxylic acid groups (broad SMARTS) is 1. The monoisotopic (exact) mass is 203 g/mol. The topological polar surface area (TPSA) is 49.3 Å². The molecule has 0 aliphatic heterocycles. The van der Waals surface area contributed by atoms with E-state index in [2.05, 4.69) is 17.3 Å². The molecule has 0 aromatic heterocycles. The van der Waals surface area contributed by atoms with Crippen LogP contribution in [0.5, 0.6) is 0 Å². The van der Waals surface area contributed by atoms with Gasteiger partial charge in [-0.2, -0.15) is 0 Å². The minimum atomic E-state index is -0.769. The van der Waals surface area contributed by atoms with Crippen LogP contribution >= 0.6 is 0 Å². The number of hydrogen-bond donors (Lipinski definition) is 2. The summed E-state index contributed by atoms with van der Waals surface area (Å²) in [6.07, 6.45) is 0.733. The number of rotatable bonds is 3. The van der Waals surface area contributed by atoms with Crippen molar-refractivity contribution in [1.82, 2.24) is 5.32 Å². The molecule has 0 aliphatic carbocycles. The highest BCUT2D eigenvalue weighted by atomic mass is 16.4. The maximum absolute atomic E-state index is 10.4. The first-order valence-electron chi connectivity index (χ1n) is 4.71. The average Bonchev–Trinajstić information content (AvgIpc) is 2.25. The van der Waals surface area contributed by atoms with E-state index in [-0.39, 0.29) is 6.42 Å². The fourth-order valence-electron chi connectivity index (χ4n) is 1.14. The highest BCUT2D eigenvalue weighted by molar-refractivity contribution is 5.67. The highest BCUT2D eigenvalue weighted by Crippen LogP contribution is 2.05. The van der Waals surface area contributed by atoms with Gasteiger partial charge in [-0.05, 0) is 30.0 Å². The molecule has 0 saturated carbocycles. The number of benzene rings is 1. The molecular formula is C12H13NO2. The van der Waals surface area contributed by atoms with Gasteiger partial charge in [-0.3, -0.25) is 4.79 Å². The molecule has 3 nitrogen and oxygen atoms in total. The Balaban J connectivity index is 2.60. The van der Waals surface area contributed by atoms with Crippen LogP contribution in [0.15, 0.2) is 24.3 Å². The molecule has 0 atom stereocenters. The van der Waals surface area contributed by atoms with Crippen LogP contribution in [-0.2, 0) is 11.2 Å². The minimum absolute atomic E-state index is 0.168. The van der Waals surface area contributed by atoms with E-state index >= 15 is 0 Å². The highest BCUT2D eigenvalue weighted by Gasteiger charge is 1.98. The Kier molecular flexibility index (Phi) is 4.24. The van der Waals surface area contributed by atoms with Crippen LogP contribution in [0.3, 0.4) is 0 Å². The molecule has 0 radical (unpaired) electrons. The lowest BCUT2D eigenvalue weighted by Crippen LogP contribution is -1.97. The summed E-state index contributed by atoms with van der Waals surface area (Å²) in [5.74, 6) is 2.14. The molecule has 0 unspecified atom stereocenters. The second-order valence-electron chi connectivity index (χ2n) is 3.09. The van der Waals surface area contributed by atoms with Crippen molar-refractivity contribution in [2.24, 2.45) is 0 Å². The van der Waals surface area contributed by atoms with Gasteiger partial charge >= 0.3 is 5.97 Å². The molecule has 0 fully saturated rings. The number of aliphatic carboxylic acids is 1. The number of nitrogens with one attached hydrogen (secondary N) is 1. The molecule has 0 amide bonds. The van der Waals surface area contributed by atoms with Gasteiger partial charge in [0.1, 0.15) is 0 Å². The summed E-state index contributed by atoms with van der Waals surface area (Å²) in [6, 6.07) is 10.3. The number of aryl methyl sites for hydroxylation is 1. The Hall–Kier alpha value is -1.95. The van der Waals surface area contributed by atoms with Gasteiger partial charge in [0.05, 0.1) is 0 Å². The van der Waals surface area contributed by atoms with Crippen LogP contribution in [0.4, 0.5) is 0 Å². The standard InChI is InChI=1S/C12H13NO2/c1-13-9-8-11-4-2-10(3-5-11)6-7-12(14)15/h2-5,13H,6-7H2,1H3,(H,14,15). The molecule has 0 aliphatic rings. The predicted molar refractivity (Wildman–Crippen MR) is 58.3 cm³/mol. The van der Waals surface area contributed by atoms with Crippen LogP contribution in [0.2, 0.25) is 0 Å². The van der Waals surface area contributed by atoms with E-state index in [1.165, 1.54) is 0 Å². The van der Waals surface area contributed by atoms with Crippen LogP contribution in [0.1, 0.15) is 17.5 Å². The molecule has 1 aromatic carbocycles. The number of carboxylic acids is 1. The second kappa shape index (κ2) is 5.71. The van der Waals surface area contributed by atoms with E-state index in [9.17, 15) is 4.79 Å². The summed E-state index contributed by atoms with van der Waals surface area (Å²) in [5.41, 5.74) is 1.94. The van der Waals surface area contributed by atoms with Crippen molar-refractivity contribution in [3.05, 3.63) is 35.4 Å². The molecular weight excluding hydrogens is 190 g/mol. The summed E-state index contributed by atoms with van der Waals surface area (Å²) in [6.45, 7) is 0. The Morgan fingerprint density at radius 3 is 2.60 bits per heavy atom. The molecule has 1 aromatic rings. The van der Waals surface area contributed by atoms with E-state index in [0.29, 0.717) is 6.42 Å². The average molecular weight is 203 g/mol. The SMILES string of the molecule is CNC#Cc1ccc(CCC(=O)O)cc1. The maximum Gasteiger partial charge on any atom is 0.303 e. The van der Waals surface area contributed by atoms with Crippen LogP contribution in [0, 0.1) is 12.0 Å². The van der Waals surface area contributed by atoms with Gasteiger partial charge in [-0.15, -0.1) is 0 Å². The van der Waals surface area contributed by atoms with E-state index in [0.717, 1.165) is 11.1 Å². The minimum Gasteiger partial charge on any atom is -0.481 e.